The lowest BCUT2D eigenvalue weighted by molar-refractivity contribution is -0.683. The summed E-state index contributed by atoms with van der Waals surface area (Å²) in [5.74, 6) is 15.0. The van der Waals surface area contributed by atoms with Crippen molar-refractivity contribution in [1.29, 1.82) is 0 Å². The lowest BCUT2D eigenvalue weighted by Crippen LogP contribution is -3.00. The first-order valence-electron chi connectivity index (χ1n) is 18.8. The molecule has 0 bridgehead atoms. The lowest BCUT2D eigenvalue weighted by Gasteiger charge is -2.08. The van der Waals surface area contributed by atoms with Crippen molar-refractivity contribution in [3.63, 3.8) is 0 Å². The Kier molecular flexibility index (Phi) is 17.2. The van der Waals surface area contributed by atoms with Crippen molar-refractivity contribution in [2.24, 2.45) is 11.7 Å². The molecular weight excluding hydrogens is 822 g/mol. The fourth-order valence-electron chi connectivity index (χ4n) is 6.43. The van der Waals surface area contributed by atoms with Gasteiger partial charge >= 0.3 is 21.4 Å². The maximum atomic E-state index is 9.67. The Morgan fingerprint density at radius 2 is 0.803 bits per heavy atom. The minimum absolute atomic E-state index is 0. The van der Waals surface area contributed by atoms with E-state index in [1.54, 1.807) is 41.2 Å². The van der Waals surface area contributed by atoms with Crippen molar-refractivity contribution < 1.29 is 81.8 Å². The van der Waals surface area contributed by atoms with E-state index in [0.29, 0.717) is 48.5 Å². The van der Waals surface area contributed by atoms with Crippen molar-refractivity contribution in [1.82, 2.24) is 0 Å². The first-order valence-corrected chi connectivity index (χ1v) is 18.8. The second-order valence-electron chi connectivity index (χ2n) is 13.7. The van der Waals surface area contributed by atoms with Crippen LogP contribution in [-0.4, -0.2) is 36.4 Å². The number of quaternary nitrogens is 2. The first kappa shape index (κ1) is 46.6. The third-order valence-corrected chi connectivity index (χ3v) is 9.57. The lowest BCUT2D eigenvalue weighted by atomic mass is 9.79. The van der Waals surface area contributed by atoms with Gasteiger partial charge in [0.1, 0.15) is 47.6 Å². The standard InChI is InChI=1S/2C14H15BN2O3.C14H10BNO3.2ClH.2H2/c2*16-17-8-10-1-4-12(5-2-10)20-13-6-3-11-9-19-15(18)14(11)7-13;1-16-11-3-6-12(7-4-11)19-13-5-2-10-9-18-15(17)14(10)8-13;;;;/h2*1-7,17-18H,8-9,16H2;2-8,17H,9H2;4*1H. The van der Waals surface area contributed by atoms with Gasteiger partial charge in [0.15, 0.2) is 5.69 Å². The van der Waals surface area contributed by atoms with Gasteiger partial charge in [-0.25, -0.2) is 4.85 Å². The topological polar surface area (TPSA) is 206 Å². The molecule has 9 rings (SSSR count). The van der Waals surface area contributed by atoms with Crippen molar-refractivity contribution in [3.05, 3.63) is 167 Å². The van der Waals surface area contributed by atoms with Crippen LogP contribution in [0, 0.1) is 6.57 Å². The molecule has 0 aromatic heterocycles. The summed E-state index contributed by atoms with van der Waals surface area (Å²) in [4.78, 5) is 3.32. The molecule has 0 amide bonds. The number of nitrogens with two attached hydrogens (primary N) is 4. The fraction of sp³-hybridized carbons (Fsp3) is 0.119. The second kappa shape index (κ2) is 22.4. The highest BCUT2D eigenvalue weighted by atomic mass is 35.5. The third-order valence-electron chi connectivity index (χ3n) is 9.57. The van der Waals surface area contributed by atoms with Crippen molar-refractivity contribution in [2.75, 3.05) is 0 Å². The zero-order chi connectivity index (χ0) is 41.1. The highest BCUT2D eigenvalue weighted by Crippen LogP contribution is 2.27. The molecule has 6 aromatic rings. The predicted octanol–water partition coefficient (Wildman–Crippen LogP) is -3.99. The summed E-state index contributed by atoms with van der Waals surface area (Å²) in [6.45, 7) is 9.68. The number of hydrogen-bond donors (Lipinski definition) is 7. The largest absolute Gasteiger partial charge is 1.00 e. The summed E-state index contributed by atoms with van der Waals surface area (Å²) in [7, 11) is -2.57. The molecular formula is C42H46B3Cl2N5O9. The van der Waals surface area contributed by atoms with E-state index in [4.69, 9.17) is 46.4 Å². The van der Waals surface area contributed by atoms with E-state index < -0.39 is 21.4 Å². The molecule has 316 valence electrons. The first-order chi connectivity index (χ1) is 28.8. The monoisotopic (exact) mass is 867 g/mol. The van der Waals surface area contributed by atoms with Crippen LogP contribution in [0.4, 0.5) is 5.69 Å². The van der Waals surface area contributed by atoms with Crippen LogP contribution in [0.5, 0.6) is 34.5 Å². The normalized spacial score (nSPS) is 12.8. The number of ether oxygens (including phenoxy) is 3. The Bertz CT molecular complexity index is 2300. The Morgan fingerprint density at radius 3 is 1.10 bits per heavy atom. The second-order valence-corrected chi connectivity index (χ2v) is 13.7. The van der Waals surface area contributed by atoms with Gasteiger partial charge < -0.3 is 68.1 Å². The highest BCUT2D eigenvalue weighted by molar-refractivity contribution is 6.62. The molecule has 6 aromatic carbocycles. The number of rotatable bonds is 10. The number of hydrogen-bond acceptors (Lipinski definition) is 11. The molecule has 11 N–H and O–H groups in total. The Hall–Kier alpha value is -5.42. The molecule has 0 atom stereocenters. The van der Waals surface area contributed by atoms with E-state index in [1.807, 2.05) is 97.1 Å². The number of benzene rings is 6. The average Bonchev–Trinajstić information content (AvgIpc) is 3.95. The molecule has 3 heterocycles. The van der Waals surface area contributed by atoms with Crippen molar-refractivity contribution >= 4 is 43.4 Å². The molecule has 61 heavy (non-hydrogen) atoms. The van der Waals surface area contributed by atoms with Crippen LogP contribution in [0.3, 0.4) is 0 Å². The minimum Gasteiger partial charge on any atom is -1.00 e. The fourth-order valence-corrected chi connectivity index (χ4v) is 6.43. The van der Waals surface area contributed by atoms with Crippen molar-refractivity contribution in [3.8, 4) is 34.5 Å². The van der Waals surface area contributed by atoms with Crippen LogP contribution in [0.2, 0.25) is 0 Å². The summed E-state index contributed by atoms with van der Waals surface area (Å²) in [6, 6.07) is 39.1. The number of nitrogens with zero attached hydrogens (tertiary/aromatic N) is 1. The van der Waals surface area contributed by atoms with Crippen LogP contribution in [0.15, 0.2) is 127 Å². The number of fused-ring (bicyclic) bond motifs is 3. The molecule has 3 aliphatic rings. The van der Waals surface area contributed by atoms with E-state index in [0.717, 1.165) is 68.8 Å². The Balaban J connectivity index is 0.000000244. The molecule has 0 unspecified atom stereocenters. The molecule has 19 heteroatoms. The van der Waals surface area contributed by atoms with Gasteiger partial charge in [-0.05, 0) is 130 Å². The van der Waals surface area contributed by atoms with Crippen molar-refractivity contribution in [2.45, 2.75) is 32.9 Å². The summed E-state index contributed by atoms with van der Waals surface area (Å²) in [5.41, 5.74) is 11.4. The van der Waals surface area contributed by atoms with Gasteiger partial charge in [-0.2, -0.15) is 11.7 Å². The zero-order valence-electron chi connectivity index (χ0n) is 32.7. The molecule has 0 aliphatic carbocycles. The molecule has 0 radical (unpaired) electrons. The highest BCUT2D eigenvalue weighted by Gasteiger charge is 2.29. The number of halogens is 2. The smallest absolute Gasteiger partial charge is 0.491 e. The van der Waals surface area contributed by atoms with Gasteiger partial charge in [-0.1, -0.05) is 30.3 Å². The molecule has 0 fully saturated rings. The summed E-state index contributed by atoms with van der Waals surface area (Å²) in [5, 5.41) is 29.0. The SMILES string of the molecule is N[NH2+]Cc1ccc(Oc2ccc3c(c2)B(O)OC3)cc1.N[NH2+]Cc1ccc(Oc2ccc3c(c2)B(O)OC3)cc1.[C-]#[N+]c1ccc(Oc2ccc3c(c2)B(O)OC3)cc1.[Cl-].[Cl-].[HH].[HH]. The van der Waals surface area contributed by atoms with Crippen LogP contribution in [0.25, 0.3) is 4.85 Å². The maximum absolute atomic E-state index is 9.67. The quantitative estimate of drug-likeness (QED) is 0.0306. The van der Waals surface area contributed by atoms with E-state index >= 15 is 0 Å². The Morgan fingerprint density at radius 1 is 0.508 bits per heavy atom. The Labute approximate surface area is 369 Å². The van der Waals surface area contributed by atoms with E-state index in [9.17, 15) is 15.1 Å². The van der Waals surface area contributed by atoms with Gasteiger partial charge in [0.05, 0.1) is 26.4 Å². The average molecular weight is 868 g/mol. The predicted molar refractivity (Wildman–Crippen MR) is 226 cm³/mol. The molecule has 0 saturated carbocycles. The van der Waals surface area contributed by atoms with E-state index in [1.165, 1.54) is 0 Å². The third kappa shape index (κ3) is 12.3. The molecule has 14 nitrogen and oxygen atoms in total. The minimum atomic E-state index is -0.872. The van der Waals surface area contributed by atoms with Crippen LogP contribution in [-0.2, 0) is 46.9 Å². The van der Waals surface area contributed by atoms with Gasteiger partial charge in [0.25, 0.3) is 0 Å². The van der Waals surface area contributed by atoms with E-state index in [-0.39, 0.29) is 27.7 Å². The van der Waals surface area contributed by atoms with Crippen LogP contribution < -0.4 is 77.9 Å². The maximum Gasteiger partial charge on any atom is 0.491 e. The van der Waals surface area contributed by atoms with Crippen LogP contribution >= 0.6 is 0 Å². The van der Waals surface area contributed by atoms with Gasteiger partial charge in [0.2, 0.25) is 0 Å². The summed E-state index contributed by atoms with van der Waals surface area (Å²) < 4.78 is 32.7. The van der Waals surface area contributed by atoms with Gasteiger partial charge in [-0.3, -0.25) is 10.9 Å². The summed E-state index contributed by atoms with van der Waals surface area (Å²) in [6.07, 6.45) is 0. The molecule has 0 spiro atoms. The zero-order valence-corrected chi connectivity index (χ0v) is 34.2. The van der Waals surface area contributed by atoms with Crippen LogP contribution in [0.1, 0.15) is 30.7 Å². The molecule has 3 aliphatic heterocycles. The van der Waals surface area contributed by atoms with Gasteiger partial charge in [0, 0.05) is 14.0 Å². The van der Waals surface area contributed by atoms with Gasteiger partial charge in [-0.15, -0.1) is 0 Å². The molecule has 0 saturated heterocycles. The van der Waals surface area contributed by atoms with E-state index in [2.05, 4.69) is 4.85 Å². The summed E-state index contributed by atoms with van der Waals surface area (Å²) >= 11 is 0.